The standard InChI is InChI=1S/C12H14ClNO/c1-3-4-8-15-12-7-5-6-11(13)10(12)9-14-2/h1,5-7,14H,4,8-9H2,2H3. The molecule has 0 aromatic heterocycles. The number of terminal acetylenes is 1. The molecule has 0 aliphatic rings. The van der Waals surface area contributed by atoms with Crippen molar-refractivity contribution in [2.24, 2.45) is 0 Å². The fraction of sp³-hybridized carbons (Fsp3) is 0.333. The van der Waals surface area contributed by atoms with Crippen molar-refractivity contribution in [3.05, 3.63) is 28.8 Å². The van der Waals surface area contributed by atoms with Gasteiger partial charge in [0.05, 0.1) is 6.61 Å². The molecule has 1 aromatic carbocycles. The van der Waals surface area contributed by atoms with Crippen LogP contribution < -0.4 is 10.1 Å². The van der Waals surface area contributed by atoms with Gasteiger partial charge in [0.2, 0.25) is 0 Å². The second kappa shape index (κ2) is 6.34. The summed E-state index contributed by atoms with van der Waals surface area (Å²) in [5.74, 6) is 3.33. The number of ether oxygens (including phenoxy) is 1. The van der Waals surface area contributed by atoms with E-state index in [-0.39, 0.29) is 0 Å². The lowest BCUT2D eigenvalue weighted by molar-refractivity contribution is 0.323. The summed E-state index contributed by atoms with van der Waals surface area (Å²) in [7, 11) is 1.87. The molecule has 0 spiro atoms. The van der Waals surface area contributed by atoms with Gasteiger partial charge >= 0.3 is 0 Å². The molecule has 3 heteroatoms. The van der Waals surface area contributed by atoms with Crippen LogP contribution in [0.2, 0.25) is 5.02 Å². The lowest BCUT2D eigenvalue weighted by Gasteiger charge is -2.11. The van der Waals surface area contributed by atoms with E-state index in [1.807, 2.05) is 25.2 Å². The predicted octanol–water partition coefficient (Wildman–Crippen LogP) is 2.46. The molecular formula is C12H14ClNO. The highest BCUT2D eigenvalue weighted by molar-refractivity contribution is 6.31. The molecule has 2 nitrogen and oxygen atoms in total. The Hall–Kier alpha value is -1.17. The fourth-order valence-electron chi connectivity index (χ4n) is 1.24. The molecule has 0 heterocycles. The van der Waals surface area contributed by atoms with Gasteiger partial charge in [-0.25, -0.2) is 0 Å². The normalized spacial score (nSPS) is 9.67. The summed E-state index contributed by atoms with van der Waals surface area (Å²) in [5.41, 5.74) is 0.971. The zero-order chi connectivity index (χ0) is 11.1. The molecule has 1 aromatic rings. The summed E-state index contributed by atoms with van der Waals surface area (Å²) >= 11 is 6.06. The van der Waals surface area contributed by atoms with Crippen molar-refractivity contribution in [2.75, 3.05) is 13.7 Å². The first-order valence-electron chi connectivity index (χ1n) is 4.78. The monoisotopic (exact) mass is 223 g/mol. The molecule has 1 rings (SSSR count). The maximum Gasteiger partial charge on any atom is 0.125 e. The Morgan fingerprint density at radius 3 is 3.00 bits per heavy atom. The molecule has 0 unspecified atom stereocenters. The minimum atomic E-state index is 0.521. The van der Waals surface area contributed by atoms with Crippen molar-refractivity contribution in [2.45, 2.75) is 13.0 Å². The number of nitrogens with one attached hydrogen (secondary N) is 1. The first kappa shape index (κ1) is 11.9. The molecule has 0 fully saturated rings. The van der Waals surface area contributed by atoms with Crippen LogP contribution in [0.5, 0.6) is 5.75 Å². The molecule has 80 valence electrons. The molecule has 0 amide bonds. The van der Waals surface area contributed by atoms with Gasteiger partial charge in [-0.15, -0.1) is 12.3 Å². The van der Waals surface area contributed by atoms with Crippen LogP contribution in [0.3, 0.4) is 0 Å². The topological polar surface area (TPSA) is 21.3 Å². The Morgan fingerprint density at radius 2 is 2.33 bits per heavy atom. The van der Waals surface area contributed by atoms with Crippen LogP contribution in [-0.2, 0) is 6.54 Å². The van der Waals surface area contributed by atoms with Crippen molar-refractivity contribution in [3.8, 4) is 18.1 Å². The SMILES string of the molecule is C#CCCOc1cccc(Cl)c1CNC. The van der Waals surface area contributed by atoms with Crippen LogP contribution in [0.4, 0.5) is 0 Å². The minimum absolute atomic E-state index is 0.521. The number of hydrogen-bond acceptors (Lipinski definition) is 2. The summed E-state index contributed by atoms with van der Waals surface area (Å²) < 4.78 is 5.54. The Bertz CT molecular complexity index is 357. The van der Waals surface area contributed by atoms with Crippen LogP contribution >= 0.6 is 11.6 Å². The molecule has 0 bridgehead atoms. The minimum Gasteiger partial charge on any atom is -0.492 e. The largest absolute Gasteiger partial charge is 0.492 e. The second-order valence-electron chi connectivity index (χ2n) is 3.05. The van der Waals surface area contributed by atoms with E-state index in [1.165, 1.54) is 0 Å². The van der Waals surface area contributed by atoms with Gasteiger partial charge < -0.3 is 10.1 Å². The molecule has 0 saturated heterocycles. The summed E-state index contributed by atoms with van der Waals surface area (Å²) in [6, 6.07) is 5.62. The van der Waals surface area contributed by atoms with Crippen molar-refractivity contribution in [1.82, 2.24) is 5.32 Å². The van der Waals surface area contributed by atoms with Gasteiger partial charge in [0, 0.05) is 23.6 Å². The van der Waals surface area contributed by atoms with E-state index in [9.17, 15) is 0 Å². The van der Waals surface area contributed by atoms with Crippen LogP contribution in [0.25, 0.3) is 0 Å². The lowest BCUT2D eigenvalue weighted by Crippen LogP contribution is -2.08. The first-order valence-corrected chi connectivity index (χ1v) is 5.15. The zero-order valence-electron chi connectivity index (χ0n) is 8.72. The number of halogens is 1. The van der Waals surface area contributed by atoms with Crippen molar-refractivity contribution in [3.63, 3.8) is 0 Å². The van der Waals surface area contributed by atoms with E-state index in [2.05, 4.69) is 11.2 Å². The Balaban J connectivity index is 2.77. The molecule has 0 aliphatic carbocycles. The highest BCUT2D eigenvalue weighted by Gasteiger charge is 2.06. The smallest absolute Gasteiger partial charge is 0.125 e. The van der Waals surface area contributed by atoms with Gasteiger partial charge in [0.1, 0.15) is 5.75 Å². The first-order chi connectivity index (χ1) is 7.29. The highest BCUT2D eigenvalue weighted by atomic mass is 35.5. The van der Waals surface area contributed by atoms with Gasteiger partial charge in [-0.1, -0.05) is 17.7 Å². The summed E-state index contributed by atoms with van der Waals surface area (Å²) in [6.45, 7) is 1.21. The molecule has 1 N–H and O–H groups in total. The molecule has 0 saturated carbocycles. The maximum absolute atomic E-state index is 6.06. The van der Waals surface area contributed by atoms with Crippen LogP contribution in [0.15, 0.2) is 18.2 Å². The lowest BCUT2D eigenvalue weighted by atomic mass is 10.2. The van der Waals surface area contributed by atoms with Gasteiger partial charge in [0.15, 0.2) is 0 Å². The van der Waals surface area contributed by atoms with Crippen LogP contribution in [0, 0.1) is 12.3 Å². The van der Waals surface area contributed by atoms with Crippen molar-refractivity contribution < 1.29 is 4.74 Å². The van der Waals surface area contributed by atoms with Crippen molar-refractivity contribution >= 4 is 11.6 Å². The average Bonchev–Trinajstić information content (AvgIpc) is 2.23. The fourth-order valence-corrected chi connectivity index (χ4v) is 1.48. The van der Waals surface area contributed by atoms with Gasteiger partial charge in [-0.3, -0.25) is 0 Å². The molecular weight excluding hydrogens is 210 g/mol. The Kier molecular flexibility index (Phi) is 5.03. The van der Waals surface area contributed by atoms with E-state index < -0.39 is 0 Å². The molecule has 0 radical (unpaired) electrons. The van der Waals surface area contributed by atoms with Gasteiger partial charge in [-0.2, -0.15) is 0 Å². The number of benzene rings is 1. The quantitative estimate of drug-likeness (QED) is 0.612. The van der Waals surface area contributed by atoms with Crippen molar-refractivity contribution in [1.29, 1.82) is 0 Å². The third kappa shape index (κ3) is 3.47. The number of hydrogen-bond donors (Lipinski definition) is 1. The molecule has 15 heavy (non-hydrogen) atoms. The third-order valence-corrected chi connectivity index (χ3v) is 2.29. The Morgan fingerprint density at radius 1 is 1.53 bits per heavy atom. The van der Waals surface area contributed by atoms with Gasteiger partial charge in [0.25, 0.3) is 0 Å². The zero-order valence-corrected chi connectivity index (χ0v) is 9.47. The second-order valence-corrected chi connectivity index (χ2v) is 3.46. The predicted molar refractivity (Wildman–Crippen MR) is 63.2 cm³/mol. The van der Waals surface area contributed by atoms with Gasteiger partial charge in [-0.05, 0) is 19.2 Å². The van der Waals surface area contributed by atoms with Crippen LogP contribution in [0.1, 0.15) is 12.0 Å². The number of rotatable bonds is 5. The van der Waals surface area contributed by atoms with Crippen LogP contribution in [-0.4, -0.2) is 13.7 Å². The third-order valence-electron chi connectivity index (χ3n) is 1.93. The summed E-state index contributed by atoms with van der Waals surface area (Å²) in [4.78, 5) is 0. The summed E-state index contributed by atoms with van der Waals surface area (Å²) in [5, 5.41) is 3.76. The van der Waals surface area contributed by atoms with E-state index in [0.717, 1.165) is 11.3 Å². The van der Waals surface area contributed by atoms with E-state index in [4.69, 9.17) is 22.8 Å². The molecule has 0 atom stereocenters. The Labute approximate surface area is 95.6 Å². The maximum atomic E-state index is 6.06. The summed E-state index contributed by atoms with van der Waals surface area (Å²) in [6.07, 6.45) is 5.75. The van der Waals surface area contributed by atoms with E-state index in [0.29, 0.717) is 24.6 Å². The van der Waals surface area contributed by atoms with E-state index in [1.54, 1.807) is 0 Å². The molecule has 0 aliphatic heterocycles. The highest BCUT2D eigenvalue weighted by Crippen LogP contribution is 2.26. The average molecular weight is 224 g/mol. The van der Waals surface area contributed by atoms with E-state index >= 15 is 0 Å².